The van der Waals surface area contributed by atoms with Gasteiger partial charge in [-0.15, -0.1) is 0 Å². The van der Waals surface area contributed by atoms with E-state index in [4.69, 9.17) is 9.68 Å². The normalized spacial score (nSPS) is 9.94. The molecule has 2 aromatic rings. The summed E-state index contributed by atoms with van der Waals surface area (Å²) in [6, 6.07) is 11.4. The molecule has 0 fully saturated rings. The number of rotatable bonds is 3. The second kappa shape index (κ2) is 5.56. The van der Waals surface area contributed by atoms with Crippen LogP contribution in [0.4, 0.5) is 5.69 Å². The number of anilines is 1. The fraction of sp³-hybridized carbons (Fsp3) is 0.0833. The molecule has 0 aliphatic carbocycles. The Bertz CT molecular complexity index is 574. The molecule has 1 aromatic heterocycles. The summed E-state index contributed by atoms with van der Waals surface area (Å²) in [4.78, 5) is 0. The van der Waals surface area contributed by atoms with Crippen molar-refractivity contribution >= 4 is 44.2 Å². The topological polar surface area (TPSA) is 49.0 Å². The van der Waals surface area contributed by atoms with Crippen molar-refractivity contribution in [2.75, 3.05) is 5.32 Å². The molecular formula is C12H8BrIN2O. The Morgan fingerprint density at radius 1 is 1.35 bits per heavy atom. The van der Waals surface area contributed by atoms with E-state index < -0.39 is 0 Å². The highest BCUT2D eigenvalue weighted by molar-refractivity contribution is 14.1. The zero-order valence-corrected chi connectivity index (χ0v) is 12.4. The Kier molecular flexibility index (Phi) is 4.07. The first-order chi connectivity index (χ1) is 8.19. The van der Waals surface area contributed by atoms with Crippen LogP contribution in [0.5, 0.6) is 0 Å². The lowest BCUT2D eigenvalue weighted by molar-refractivity contribution is 0.493. The molecule has 0 bridgehead atoms. The minimum atomic E-state index is 0.619. The number of nitrogens with one attached hydrogen (secondary N) is 1. The quantitative estimate of drug-likeness (QED) is 0.785. The van der Waals surface area contributed by atoms with Crippen molar-refractivity contribution in [3.63, 3.8) is 0 Å². The average molecular weight is 403 g/mol. The standard InChI is InChI=1S/C12H8BrIN2O/c13-10-5-8(6-15)1-3-11(10)16-7-9-2-4-12(14)17-9/h1-5,16H,7H2. The summed E-state index contributed by atoms with van der Waals surface area (Å²) in [5, 5.41) is 12.0. The molecule has 0 aliphatic rings. The van der Waals surface area contributed by atoms with Crippen LogP contribution < -0.4 is 5.32 Å². The molecule has 1 heterocycles. The van der Waals surface area contributed by atoms with Gasteiger partial charge in [-0.3, -0.25) is 0 Å². The molecule has 2 rings (SSSR count). The maximum atomic E-state index is 8.76. The number of hydrogen-bond donors (Lipinski definition) is 1. The molecule has 1 N–H and O–H groups in total. The van der Waals surface area contributed by atoms with Crippen molar-refractivity contribution in [3.05, 3.63) is 49.9 Å². The number of halogens is 2. The summed E-state index contributed by atoms with van der Waals surface area (Å²) in [6.45, 7) is 0.619. The van der Waals surface area contributed by atoms with Crippen molar-refractivity contribution in [1.29, 1.82) is 5.26 Å². The van der Waals surface area contributed by atoms with Gasteiger partial charge in [0.15, 0.2) is 3.77 Å². The van der Waals surface area contributed by atoms with E-state index in [9.17, 15) is 0 Å². The monoisotopic (exact) mass is 402 g/mol. The molecule has 0 saturated carbocycles. The Balaban J connectivity index is 2.07. The van der Waals surface area contributed by atoms with E-state index in [0.717, 1.165) is 19.7 Å². The van der Waals surface area contributed by atoms with Crippen molar-refractivity contribution < 1.29 is 4.42 Å². The molecule has 17 heavy (non-hydrogen) atoms. The van der Waals surface area contributed by atoms with Crippen LogP contribution in [0, 0.1) is 15.1 Å². The molecule has 0 unspecified atom stereocenters. The molecular weight excluding hydrogens is 395 g/mol. The molecule has 5 heteroatoms. The molecule has 0 amide bonds. The van der Waals surface area contributed by atoms with Crippen molar-refractivity contribution in [2.45, 2.75) is 6.54 Å². The minimum absolute atomic E-state index is 0.619. The van der Waals surface area contributed by atoms with Crippen LogP contribution in [0.1, 0.15) is 11.3 Å². The van der Waals surface area contributed by atoms with E-state index >= 15 is 0 Å². The second-order valence-electron chi connectivity index (χ2n) is 3.37. The molecule has 0 atom stereocenters. The third kappa shape index (κ3) is 3.23. The number of nitriles is 1. The molecule has 3 nitrogen and oxygen atoms in total. The van der Waals surface area contributed by atoms with Gasteiger partial charge in [-0.1, -0.05) is 0 Å². The van der Waals surface area contributed by atoms with Gasteiger partial charge in [0, 0.05) is 10.2 Å². The Morgan fingerprint density at radius 3 is 2.76 bits per heavy atom. The zero-order chi connectivity index (χ0) is 12.3. The van der Waals surface area contributed by atoms with Crippen LogP contribution in [0.15, 0.2) is 39.2 Å². The summed E-state index contributed by atoms with van der Waals surface area (Å²) in [5.41, 5.74) is 1.57. The highest BCUT2D eigenvalue weighted by atomic mass is 127. The highest BCUT2D eigenvalue weighted by Gasteiger charge is 2.03. The van der Waals surface area contributed by atoms with Gasteiger partial charge in [-0.25, -0.2) is 0 Å². The number of nitrogens with zero attached hydrogens (tertiary/aromatic N) is 1. The number of benzene rings is 1. The fourth-order valence-electron chi connectivity index (χ4n) is 1.36. The van der Waals surface area contributed by atoms with Crippen molar-refractivity contribution in [3.8, 4) is 6.07 Å². The second-order valence-corrected chi connectivity index (χ2v) is 5.28. The van der Waals surface area contributed by atoms with Crippen molar-refractivity contribution in [2.24, 2.45) is 0 Å². The SMILES string of the molecule is N#Cc1ccc(NCc2ccc(I)o2)c(Br)c1. The summed E-state index contributed by atoms with van der Waals surface area (Å²) in [6.07, 6.45) is 0. The van der Waals surface area contributed by atoms with Crippen LogP contribution >= 0.6 is 38.5 Å². The van der Waals surface area contributed by atoms with Gasteiger partial charge in [0.2, 0.25) is 0 Å². The van der Waals surface area contributed by atoms with E-state index in [1.165, 1.54) is 0 Å². The van der Waals surface area contributed by atoms with Gasteiger partial charge in [-0.2, -0.15) is 5.26 Å². The lowest BCUT2D eigenvalue weighted by atomic mass is 10.2. The Hall–Kier alpha value is -1.000. The number of hydrogen-bond acceptors (Lipinski definition) is 3. The lowest BCUT2D eigenvalue weighted by Crippen LogP contribution is -1.98. The molecule has 0 radical (unpaired) electrons. The van der Waals surface area contributed by atoms with Crippen LogP contribution in [0.3, 0.4) is 0 Å². The summed E-state index contributed by atoms with van der Waals surface area (Å²) < 4.78 is 7.19. The van der Waals surface area contributed by atoms with Crippen LogP contribution in [-0.4, -0.2) is 0 Å². The first-order valence-electron chi connectivity index (χ1n) is 4.87. The average Bonchev–Trinajstić information content (AvgIpc) is 2.73. The van der Waals surface area contributed by atoms with Gasteiger partial charge >= 0.3 is 0 Å². The summed E-state index contributed by atoms with van der Waals surface area (Å²) in [5.74, 6) is 0.880. The fourth-order valence-corrected chi connectivity index (χ4v) is 2.34. The molecule has 0 aliphatic heterocycles. The first-order valence-corrected chi connectivity index (χ1v) is 6.74. The van der Waals surface area contributed by atoms with Crippen molar-refractivity contribution in [1.82, 2.24) is 0 Å². The van der Waals surface area contributed by atoms with Gasteiger partial charge in [0.1, 0.15) is 5.76 Å². The van der Waals surface area contributed by atoms with E-state index in [0.29, 0.717) is 12.1 Å². The summed E-state index contributed by atoms with van der Waals surface area (Å²) in [7, 11) is 0. The van der Waals surface area contributed by atoms with Gasteiger partial charge in [0.25, 0.3) is 0 Å². The maximum Gasteiger partial charge on any atom is 0.164 e. The predicted octanol–water partition coefficient (Wildman–Crippen LogP) is 4.13. The third-order valence-electron chi connectivity index (χ3n) is 2.18. The smallest absolute Gasteiger partial charge is 0.164 e. The molecule has 1 aromatic carbocycles. The van der Waals surface area contributed by atoms with Crippen LogP contribution in [-0.2, 0) is 6.54 Å². The van der Waals surface area contributed by atoms with E-state index in [1.807, 2.05) is 18.2 Å². The van der Waals surface area contributed by atoms with Gasteiger partial charge < -0.3 is 9.73 Å². The predicted molar refractivity (Wildman–Crippen MR) is 77.6 cm³/mol. The highest BCUT2D eigenvalue weighted by Crippen LogP contribution is 2.24. The lowest BCUT2D eigenvalue weighted by Gasteiger charge is -2.06. The Morgan fingerprint density at radius 2 is 2.18 bits per heavy atom. The molecule has 86 valence electrons. The van der Waals surface area contributed by atoms with E-state index in [2.05, 4.69) is 49.9 Å². The van der Waals surface area contributed by atoms with Crippen LogP contribution in [0.25, 0.3) is 0 Å². The molecule has 0 saturated heterocycles. The van der Waals surface area contributed by atoms with Crippen LogP contribution in [0.2, 0.25) is 0 Å². The first kappa shape index (κ1) is 12.5. The van der Waals surface area contributed by atoms with E-state index in [1.54, 1.807) is 12.1 Å². The largest absolute Gasteiger partial charge is 0.454 e. The third-order valence-corrected chi connectivity index (χ3v) is 3.42. The Labute approximate surface area is 121 Å². The van der Waals surface area contributed by atoms with Gasteiger partial charge in [0.05, 0.1) is 18.2 Å². The number of furan rings is 1. The summed E-state index contributed by atoms with van der Waals surface area (Å²) >= 11 is 5.55. The molecule has 0 spiro atoms. The minimum Gasteiger partial charge on any atom is -0.454 e. The van der Waals surface area contributed by atoms with E-state index in [-0.39, 0.29) is 0 Å². The maximum absolute atomic E-state index is 8.76. The van der Waals surface area contributed by atoms with Gasteiger partial charge in [-0.05, 0) is 68.9 Å². The zero-order valence-electron chi connectivity index (χ0n) is 8.71.